The number of aryl methyl sites for hydroxylation is 2. The highest BCUT2D eigenvalue weighted by molar-refractivity contribution is 7.90. The number of urea groups is 1. The summed E-state index contributed by atoms with van der Waals surface area (Å²) in [6, 6.07) is 1.53. The fourth-order valence-electron chi connectivity index (χ4n) is 4.89. The molecule has 1 atom stereocenters. The molecule has 1 heterocycles. The molecule has 1 fully saturated rings. The monoisotopic (exact) mass is 405 g/mol. The highest BCUT2D eigenvalue weighted by Gasteiger charge is 2.36. The van der Waals surface area contributed by atoms with E-state index in [9.17, 15) is 18.0 Å². The van der Waals surface area contributed by atoms with Crippen molar-refractivity contribution in [3.05, 3.63) is 28.3 Å². The SMILES string of the molecule is CC(=O)N1CCCCC1S(=O)(=O)NC(=O)Nc1c2c(cc3c1CCC3)CCC2. The van der Waals surface area contributed by atoms with Crippen molar-refractivity contribution < 1.29 is 18.0 Å². The van der Waals surface area contributed by atoms with Crippen LogP contribution in [0, 0.1) is 0 Å². The molecule has 0 aromatic heterocycles. The van der Waals surface area contributed by atoms with Gasteiger partial charge in [0.15, 0.2) is 5.37 Å². The summed E-state index contributed by atoms with van der Waals surface area (Å²) >= 11 is 0. The van der Waals surface area contributed by atoms with E-state index in [0.717, 1.165) is 68.2 Å². The van der Waals surface area contributed by atoms with Crippen LogP contribution >= 0.6 is 0 Å². The number of sulfonamides is 1. The van der Waals surface area contributed by atoms with E-state index in [1.54, 1.807) is 0 Å². The van der Waals surface area contributed by atoms with Crippen LogP contribution in [-0.4, -0.2) is 37.2 Å². The summed E-state index contributed by atoms with van der Waals surface area (Å²) in [7, 11) is -3.98. The third-order valence-electron chi connectivity index (χ3n) is 6.16. The average Bonchev–Trinajstić information content (AvgIpc) is 3.30. The molecular weight excluding hydrogens is 378 g/mol. The van der Waals surface area contributed by atoms with Crippen LogP contribution in [0.2, 0.25) is 0 Å². The molecule has 0 saturated carbocycles. The van der Waals surface area contributed by atoms with E-state index in [0.29, 0.717) is 13.0 Å². The van der Waals surface area contributed by atoms with Crippen molar-refractivity contribution in [3.8, 4) is 0 Å². The number of rotatable bonds is 3. The molecule has 1 aliphatic heterocycles. The minimum atomic E-state index is -3.98. The van der Waals surface area contributed by atoms with Gasteiger partial charge in [-0.2, -0.15) is 0 Å². The number of nitrogens with one attached hydrogen (secondary N) is 2. The summed E-state index contributed by atoms with van der Waals surface area (Å²) in [5.74, 6) is -0.283. The maximum atomic E-state index is 12.8. The molecular formula is C20H27N3O4S. The molecule has 4 rings (SSSR count). The molecule has 3 aliphatic rings. The van der Waals surface area contributed by atoms with Gasteiger partial charge in [-0.3, -0.25) is 4.79 Å². The number of carbonyl (C=O) groups excluding carboxylic acids is 2. The van der Waals surface area contributed by atoms with Crippen LogP contribution in [0.25, 0.3) is 0 Å². The van der Waals surface area contributed by atoms with Gasteiger partial charge in [0.2, 0.25) is 5.91 Å². The largest absolute Gasteiger partial charge is 0.332 e. The number of likely N-dealkylation sites (tertiary alicyclic amines) is 1. The molecule has 7 nitrogen and oxygen atoms in total. The minimum absolute atomic E-state index is 0.283. The number of hydrogen-bond donors (Lipinski definition) is 2. The van der Waals surface area contributed by atoms with Crippen molar-refractivity contribution in [2.45, 2.75) is 70.1 Å². The highest BCUT2D eigenvalue weighted by Crippen LogP contribution is 2.38. The lowest BCUT2D eigenvalue weighted by molar-refractivity contribution is -0.130. The Kier molecular flexibility index (Phi) is 5.07. The average molecular weight is 406 g/mol. The first-order valence-electron chi connectivity index (χ1n) is 10.1. The number of fused-ring (bicyclic) bond motifs is 2. The van der Waals surface area contributed by atoms with E-state index >= 15 is 0 Å². The van der Waals surface area contributed by atoms with Gasteiger partial charge in [-0.1, -0.05) is 6.07 Å². The van der Waals surface area contributed by atoms with Gasteiger partial charge in [-0.15, -0.1) is 0 Å². The predicted octanol–water partition coefficient (Wildman–Crippen LogP) is 2.47. The lowest BCUT2D eigenvalue weighted by Crippen LogP contribution is -2.52. The van der Waals surface area contributed by atoms with Gasteiger partial charge in [0.1, 0.15) is 0 Å². The lowest BCUT2D eigenvalue weighted by atomic mass is 9.99. The van der Waals surface area contributed by atoms with E-state index < -0.39 is 21.4 Å². The molecule has 2 aliphatic carbocycles. The smallest absolute Gasteiger partial charge is 0.324 e. The molecule has 1 aromatic rings. The Morgan fingerprint density at radius 2 is 1.64 bits per heavy atom. The zero-order valence-corrected chi connectivity index (χ0v) is 17.0. The maximum Gasteiger partial charge on any atom is 0.332 e. The predicted molar refractivity (Wildman–Crippen MR) is 107 cm³/mol. The summed E-state index contributed by atoms with van der Waals surface area (Å²) in [5.41, 5.74) is 5.65. The van der Waals surface area contributed by atoms with Gasteiger partial charge in [0.25, 0.3) is 10.0 Å². The number of hydrogen-bond acceptors (Lipinski definition) is 4. The second-order valence-corrected chi connectivity index (χ2v) is 9.84. The first kappa shape index (κ1) is 19.2. The number of anilines is 1. The summed E-state index contributed by atoms with van der Waals surface area (Å²) < 4.78 is 27.8. The van der Waals surface area contributed by atoms with Crippen molar-refractivity contribution in [2.75, 3.05) is 11.9 Å². The third kappa shape index (κ3) is 3.50. The van der Waals surface area contributed by atoms with Crippen molar-refractivity contribution >= 4 is 27.6 Å². The Bertz CT molecular complexity index is 894. The van der Waals surface area contributed by atoms with E-state index in [4.69, 9.17) is 0 Å². The van der Waals surface area contributed by atoms with Crippen molar-refractivity contribution in [1.82, 2.24) is 9.62 Å². The standard InChI is InChI=1S/C20H27N3O4S/c1-13(24)23-11-3-2-10-18(23)28(26,27)22-20(25)21-19-16-8-4-6-14(16)12-15-7-5-9-17(15)19/h12,18H,2-11H2,1H3,(H2,21,22,25). The van der Waals surface area contributed by atoms with Crippen LogP contribution in [0.4, 0.5) is 10.5 Å². The number of benzene rings is 1. The maximum absolute atomic E-state index is 12.8. The van der Waals surface area contributed by atoms with Crippen LogP contribution in [0.3, 0.4) is 0 Å². The molecule has 1 unspecified atom stereocenters. The summed E-state index contributed by atoms with van der Waals surface area (Å²) in [4.78, 5) is 25.8. The van der Waals surface area contributed by atoms with Gasteiger partial charge in [0.05, 0.1) is 0 Å². The number of carbonyl (C=O) groups is 2. The Labute approximate surface area is 165 Å². The van der Waals surface area contributed by atoms with Crippen molar-refractivity contribution in [3.63, 3.8) is 0 Å². The number of piperidine rings is 1. The van der Waals surface area contributed by atoms with Crippen LogP contribution in [0.15, 0.2) is 6.07 Å². The minimum Gasteiger partial charge on any atom is -0.324 e. The van der Waals surface area contributed by atoms with Gasteiger partial charge >= 0.3 is 6.03 Å². The molecule has 0 bridgehead atoms. The molecule has 28 heavy (non-hydrogen) atoms. The Morgan fingerprint density at radius 3 is 2.25 bits per heavy atom. The first-order valence-corrected chi connectivity index (χ1v) is 11.7. The summed E-state index contributed by atoms with van der Waals surface area (Å²) in [6.45, 7) is 1.77. The van der Waals surface area contributed by atoms with Gasteiger partial charge in [-0.05, 0) is 80.0 Å². The van der Waals surface area contributed by atoms with Crippen LogP contribution in [0.1, 0.15) is 61.3 Å². The van der Waals surface area contributed by atoms with Crippen molar-refractivity contribution in [2.24, 2.45) is 0 Å². The zero-order valence-electron chi connectivity index (χ0n) is 16.2. The fraction of sp³-hybridized carbons (Fsp3) is 0.600. The van der Waals surface area contributed by atoms with Crippen LogP contribution < -0.4 is 10.0 Å². The van der Waals surface area contributed by atoms with E-state index in [1.807, 2.05) is 0 Å². The number of nitrogens with zero attached hydrogens (tertiary/aromatic N) is 1. The molecule has 1 aromatic carbocycles. The summed E-state index contributed by atoms with van der Waals surface area (Å²) in [6.07, 6.45) is 7.79. The second kappa shape index (κ2) is 7.39. The molecule has 1 saturated heterocycles. The Balaban J connectivity index is 1.55. The van der Waals surface area contributed by atoms with Gasteiger partial charge in [0, 0.05) is 19.2 Å². The third-order valence-corrected chi connectivity index (χ3v) is 7.83. The molecule has 0 spiro atoms. The molecule has 8 heteroatoms. The van der Waals surface area contributed by atoms with Crippen LogP contribution in [-0.2, 0) is 40.5 Å². The van der Waals surface area contributed by atoms with Gasteiger partial charge in [-0.25, -0.2) is 17.9 Å². The Morgan fingerprint density at radius 1 is 1.00 bits per heavy atom. The fourth-order valence-corrected chi connectivity index (χ4v) is 6.40. The topological polar surface area (TPSA) is 95.6 Å². The Hall–Kier alpha value is -2.09. The first-order chi connectivity index (χ1) is 13.4. The zero-order chi connectivity index (χ0) is 19.9. The van der Waals surface area contributed by atoms with E-state index in [-0.39, 0.29) is 5.91 Å². The normalized spacial score (nSPS) is 21.2. The van der Waals surface area contributed by atoms with E-state index in [1.165, 1.54) is 23.0 Å². The van der Waals surface area contributed by atoms with Crippen LogP contribution in [0.5, 0.6) is 0 Å². The highest BCUT2D eigenvalue weighted by atomic mass is 32.2. The number of amides is 3. The van der Waals surface area contributed by atoms with Gasteiger partial charge < -0.3 is 10.2 Å². The summed E-state index contributed by atoms with van der Waals surface area (Å²) in [5, 5.41) is 1.86. The molecule has 2 N–H and O–H groups in total. The lowest BCUT2D eigenvalue weighted by Gasteiger charge is -2.34. The molecule has 152 valence electrons. The van der Waals surface area contributed by atoms with E-state index in [2.05, 4.69) is 16.1 Å². The quantitative estimate of drug-likeness (QED) is 0.808. The molecule has 3 amide bonds. The second-order valence-electron chi connectivity index (χ2n) is 8.00. The molecule has 0 radical (unpaired) electrons. The van der Waals surface area contributed by atoms with Crippen molar-refractivity contribution in [1.29, 1.82) is 0 Å².